The zero-order valence-corrected chi connectivity index (χ0v) is 6.99. The van der Waals surface area contributed by atoms with Crippen LogP contribution in [0.2, 0.25) is 0 Å². The third-order valence-corrected chi connectivity index (χ3v) is 2.57. The Balaban J connectivity index is 2.77. The van der Waals surface area contributed by atoms with Crippen LogP contribution in [0.5, 0.6) is 0 Å². The van der Waals surface area contributed by atoms with Gasteiger partial charge in [-0.15, -0.1) is 11.3 Å². The van der Waals surface area contributed by atoms with Gasteiger partial charge in [0.1, 0.15) is 6.61 Å². The molecule has 0 unspecified atom stereocenters. The van der Waals surface area contributed by atoms with Crippen molar-refractivity contribution in [3.8, 4) is 0 Å². The van der Waals surface area contributed by atoms with Gasteiger partial charge in [-0.05, 0) is 25.5 Å². The minimum absolute atomic E-state index is 0.527. The van der Waals surface area contributed by atoms with Gasteiger partial charge >= 0.3 is 0 Å². The standard InChI is InChI=1S/C7H11NOS/c1-5-3-7(4-9-8)10-6(5)2/h3H,4,8H2,1-2H3. The van der Waals surface area contributed by atoms with Gasteiger partial charge in [0.05, 0.1) is 0 Å². The zero-order chi connectivity index (χ0) is 7.56. The first kappa shape index (κ1) is 7.72. The second kappa shape index (κ2) is 3.14. The minimum Gasteiger partial charge on any atom is -0.299 e. The Morgan fingerprint density at radius 3 is 2.70 bits per heavy atom. The molecule has 0 bridgehead atoms. The minimum atomic E-state index is 0.527. The lowest BCUT2D eigenvalue weighted by atomic mass is 10.3. The van der Waals surface area contributed by atoms with E-state index in [0.717, 1.165) is 0 Å². The van der Waals surface area contributed by atoms with E-state index in [9.17, 15) is 0 Å². The first-order valence-corrected chi connectivity index (χ1v) is 3.93. The van der Waals surface area contributed by atoms with E-state index in [2.05, 4.69) is 24.8 Å². The van der Waals surface area contributed by atoms with Crippen molar-refractivity contribution in [2.45, 2.75) is 20.5 Å². The molecule has 0 atom stereocenters. The molecule has 0 fully saturated rings. The second-order valence-corrected chi connectivity index (χ2v) is 3.60. The highest BCUT2D eigenvalue weighted by Gasteiger charge is 1.99. The van der Waals surface area contributed by atoms with Crippen LogP contribution >= 0.6 is 11.3 Å². The number of aryl methyl sites for hydroxylation is 2. The Kier molecular flexibility index (Phi) is 2.43. The molecule has 2 nitrogen and oxygen atoms in total. The fraction of sp³-hybridized carbons (Fsp3) is 0.429. The fourth-order valence-electron chi connectivity index (χ4n) is 0.803. The summed E-state index contributed by atoms with van der Waals surface area (Å²) in [6.07, 6.45) is 0. The SMILES string of the molecule is Cc1cc(CON)sc1C. The van der Waals surface area contributed by atoms with Crippen molar-refractivity contribution in [3.05, 3.63) is 21.4 Å². The van der Waals surface area contributed by atoms with Gasteiger partial charge < -0.3 is 0 Å². The van der Waals surface area contributed by atoms with Crippen LogP contribution in [-0.4, -0.2) is 0 Å². The Morgan fingerprint density at radius 1 is 1.60 bits per heavy atom. The molecule has 2 N–H and O–H groups in total. The predicted molar refractivity (Wildman–Crippen MR) is 42.8 cm³/mol. The van der Waals surface area contributed by atoms with Crippen molar-refractivity contribution in [1.82, 2.24) is 0 Å². The maximum atomic E-state index is 4.93. The van der Waals surface area contributed by atoms with Gasteiger partial charge in [0.2, 0.25) is 0 Å². The van der Waals surface area contributed by atoms with Gasteiger partial charge in [-0.1, -0.05) is 0 Å². The molecular weight excluding hydrogens is 146 g/mol. The molecule has 0 aliphatic rings. The summed E-state index contributed by atoms with van der Waals surface area (Å²) >= 11 is 1.73. The quantitative estimate of drug-likeness (QED) is 0.664. The van der Waals surface area contributed by atoms with E-state index >= 15 is 0 Å². The molecule has 0 aliphatic carbocycles. The topological polar surface area (TPSA) is 35.2 Å². The van der Waals surface area contributed by atoms with E-state index in [1.807, 2.05) is 0 Å². The summed E-state index contributed by atoms with van der Waals surface area (Å²) in [7, 11) is 0. The molecule has 56 valence electrons. The molecule has 3 heteroatoms. The lowest BCUT2D eigenvalue weighted by molar-refractivity contribution is 0.126. The lowest BCUT2D eigenvalue weighted by Gasteiger charge is -1.89. The number of thiophene rings is 1. The predicted octanol–water partition coefficient (Wildman–Crippen LogP) is 1.76. The third-order valence-electron chi connectivity index (χ3n) is 1.44. The first-order valence-electron chi connectivity index (χ1n) is 3.11. The monoisotopic (exact) mass is 157 g/mol. The summed E-state index contributed by atoms with van der Waals surface area (Å²) in [5.74, 6) is 4.93. The molecule has 1 aromatic rings. The van der Waals surface area contributed by atoms with Crippen LogP contribution in [0.1, 0.15) is 15.3 Å². The van der Waals surface area contributed by atoms with E-state index in [4.69, 9.17) is 5.90 Å². The van der Waals surface area contributed by atoms with Crippen molar-refractivity contribution in [2.75, 3.05) is 0 Å². The van der Waals surface area contributed by atoms with Crippen LogP contribution in [0.3, 0.4) is 0 Å². The summed E-state index contributed by atoms with van der Waals surface area (Å²) in [5.41, 5.74) is 1.32. The molecule has 10 heavy (non-hydrogen) atoms. The van der Waals surface area contributed by atoms with Gasteiger partial charge in [-0.2, -0.15) is 0 Å². The molecule has 0 saturated carbocycles. The van der Waals surface area contributed by atoms with Crippen LogP contribution in [0.15, 0.2) is 6.07 Å². The van der Waals surface area contributed by atoms with E-state index in [0.29, 0.717) is 6.61 Å². The van der Waals surface area contributed by atoms with E-state index in [1.165, 1.54) is 15.3 Å². The lowest BCUT2D eigenvalue weighted by Crippen LogP contribution is -1.96. The Hall–Kier alpha value is -0.380. The molecule has 1 rings (SSSR count). The normalized spacial score (nSPS) is 10.3. The molecule has 0 aromatic carbocycles. The van der Waals surface area contributed by atoms with Crippen molar-refractivity contribution in [1.29, 1.82) is 0 Å². The Bertz CT molecular complexity index is 200. The number of rotatable bonds is 2. The maximum absolute atomic E-state index is 4.93. The van der Waals surface area contributed by atoms with Crippen LogP contribution in [0.4, 0.5) is 0 Å². The number of hydrogen-bond donors (Lipinski definition) is 1. The average molecular weight is 157 g/mol. The van der Waals surface area contributed by atoms with Crippen LogP contribution in [0, 0.1) is 13.8 Å². The fourth-order valence-corrected chi connectivity index (χ4v) is 1.78. The average Bonchev–Trinajstić information content (AvgIpc) is 2.14. The summed E-state index contributed by atoms with van der Waals surface area (Å²) < 4.78 is 0. The van der Waals surface area contributed by atoms with E-state index < -0.39 is 0 Å². The smallest absolute Gasteiger partial charge is 0.102 e. The third kappa shape index (κ3) is 1.56. The summed E-state index contributed by atoms with van der Waals surface area (Å²) in [5, 5.41) is 0. The maximum Gasteiger partial charge on any atom is 0.102 e. The van der Waals surface area contributed by atoms with Crippen molar-refractivity contribution >= 4 is 11.3 Å². The molecule has 0 saturated heterocycles. The van der Waals surface area contributed by atoms with Crippen molar-refractivity contribution in [2.24, 2.45) is 5.90 Å². The number of hydrogen-bond acceptors (Lipinski definition) is 3. The van der Waals surface area contributed by atoms with Crippen molar-refractivity contribution in [3.63, 3.8) is 0 Å². The molecule has 0 amide bonds. The molecule has 0 radical (unpaired) electrons. The van der Waals surface area contributed by atoms with Crippen LogP contribution < -0.4 is 5.90 Å². The largest absolute Gasteiger partial charge is 0.299 e. The molecule has 0 spiro atoms. The summed E-state index contributed by atoms with van der Waals surface area (Å²) in [4.78, 5) is 7.04. The molecule has 1 heterocycles. The van der Waals surface area contributed by atoms with Crippen LogP contribution in [0.25, 0.3) is 0 Å². The highest BCUT2D eigenvalue weighted by atomic mass is 32.1. The summed E-state index contributed by atoms with van der Waals surface area (Å²) in [6.45, 7) is 4.71. The Labute approximate surface area is 64.6 Å². The molecule has 1 aromatic heterocycles. The van der Waals surface area contributed by atoms with Gasteiger partial charge in [-0.3, -0.25) is 4.84 Å². The summed E-state index contributed by atoms with van der Waals surface area (Å²) in [6, 6.07) is 2.10. The second-order valence-electron chi connectivity index (χ2n) is 2.26. The van der Waals surface area contributed by atoms with Crippen LogP contribution in [-0.2, 0) is 11.4 Å². The van der Waals surface area contributed by atoms with Gasteiger partial charge in [0.15, 0.2) is 0 Å². The highest BCUT2D eigenvalue weighted by molar-refractivity contribution is 7.12. The highest BCUT2D eigenvalue weighted by Crippen LogP contribution is 2.20. The number of nitrogens with two attached hydrogens (primary N) is 1. The van der Waals surface area contributed by atoms with E-state index in [1.54, 1.807) is 11.3 Å². The van der Waals surface area contributed by atoms with Gasteiger partial charge in [0, 0.05) is 9.75 Å². The van der Waals surface area contributed by atoms with Crippen molar-refractivity contribution < 1.29 is 4.84 Å². The van der Waals surface area contributed by atoms with Gasteiger partial charge in [-0.25, -0.2) is 5.90 Å². The van der Waals surface area contributed by atoms with Gasteiger partial charge in [0.25, 0.3) is 0 Å². The zero-order valence-electron chi connectivity index (χ0n) is 6.18. The first-order chi connectivity index (χ1) is 4.74. The van der Waals surface area contributed by atoms with E-state index in [-0.39, 0.29) is 0 Å². The Morgan fingerprint density at radius 2 is 2.30 bits per heavy atom. The molecular formula is C7H11NOS. The molecule has 0 aliphatic heterocycles.